The summed E-state index contributed by atoms with van der Waals surface area (Å²) in [6.07, 6.45) is 5.44. The highest BCUT2D eigenvalue weighted by Crippen LogP contribution is 2.27. The second-order valence-corrected chi connectivity index (χ2v) is 8.08. The van der Waals surface area contributed by atoms with Crippen LogP contribution in [0, 0.1) is 0 Å². The lowest BCUT2D eigenvalue weighted by molar-refractivity contribution is 0.0546. The van der Waals surface area contributed by atoms with Gasteiger partial charge in [-0.15, -0.1) is 11.8 Å². The van der Waals surface area contributed by atoms with Crippen LogP contribution in [0.25, 0.3) is 0 Å². The molecule has 0 bridgehead atoms. The minimum Gasteiger partial charge on any atom is -0.337 e. The van der Waals surface area contributed by atoms with Crippen molar-refractivity contribution >= 4 is 17.7 Å². The third-order valence-electron chi connectivity index (χ3n) is 5.70. The number of nitrogens with zero attached hydrogens (tertiary/aromatic N) is 2. The molecule has 0 saturated carbocycles. The number of carbonyl (C=O) groups excluding carboxylic acids is 1. The van der Waals surface area contributed by atoms with Gasteiger partial charge in [0.2, 0.25) is 0 Å². The highest BCUT2D eigenvalue weighted by molar-refractivity contribution is 7.98. The number of thioether (sulfide) groups is 1. The Morgan fingerprint density at radius 3 is 2.65 bits per heavy atom. The van der Waals surface area contributed by atoms with Crippen LogP contribution < -0.4 is 0 Å². The number of rotatable bonds is 3. The van der Waals surface area contributed by atoms with E-state index < -0.39 is 0 Å². The average Bonchev–Trinajstić information content (AvgIpc) is 2.73. The third-order valence-corrected chi connectivity index (χ3v) is 6.49. The average molecular weight is 367 g/mol. The van der Waals surface area contributed by atoms with E-state index in [2.05, 4.69) is 34.1 Å². The molecule has 2 aliphatic rings. The van der Waals surface area contributed by atoms with Gasteiger partial charge in [0.15, 0.2) is 0 Å². The van der Waals surface area contributed by atoms with Gasteiger partial charge >= 0.3 is 0 Å². The first-order chi connectivity index (χ1) is 12.8. The van der Waals surface area contributed by atoms with Crippen molar-refractivity contribution < 1.29 is 4.79 Å². The van der Waals surface area contributed by atoms with Crippen molar-refractivity contribution in [1.29, 1.82) is 0 Å². The molecular weight excluding hydrogens is 340 g/mol. The van der Waals surface area contributed by atoms with E-state index in [9.17, 15) is 4.79 Å². The van der Waals surface area contributed by atoms with E-state index in [1.165, 1.54) is 17.5 Å². The Labute approximate surface area is 160 Å². The molecule has 1 fully saturated rings. The van der Waals surface area contributed by atoms with Crippen molar-refractivity contribution in [3.05, 3.63) is 65.2 Å². The summed E-state index contributed by atoms with van der Waals surface area (Å²) < 4.78 is 0. The first-order valence-electron chi connectivity index (χ1n) is 9.49. The maximum Gasteiger partial charge on any atom is 0.255 e. The second kappa shape index (κ2) is 7.85. The molecule has 0 unspecified atom stereocenters. The first kappa shape index (κ1) is 17.6. The van der Waals surface area contributed by atoms with Gasteiger partial charge in [-0.25, -0.2) is 0 Å². The van der Waals surface area contributed by atoms with Crippen LogP contribution in [0.1, 0.15) is 34.3 Å². The van der Waals surface area contributed by atoms with E-state index >= 15 is 0 Å². The van der Waals surface area contributed by atoms with Gasteiger partial charge in [-0.2, -0.15) is 0 Å². The number of piperidine rings is 1. The highest BCUT2D eigenvalue weighted by atomic mass is 32.2. The molecule has 0 radical (unpaired) electrons. The van der Waals surface area contributed by atoms with Gasteiger partial charge in [0.1, 0.15) is 0 Å². The molecular formula is C22H26N2OS. The fourth-order valence-electron chi connectivity index (χ4n) is 4.26. The molecule has 0 N–H and O–H groups in total. The van der Waals surface area contributed by atoms with Crippen molar-refractivity contribution in [2.24, 2.45) is 0 Å². The fourth-order valence-corrected chi connectivity index (χ4v) is 4.85. The van der Waals surface area contributed by atoms with Crippen molar-refractivity contribution in [3.63, 3.8) is 0 Å². The molecule has 0 aliphatic carbocycles. The summed E-state index contributed by atoms with van der Waals surface area (Å²) in [7, 11) is 0. The number of amides is 1. The molecule has 1 atom stereocenters. The van der Waals surface area contributed by atoms with E-state index in [4.69, 9.17) is 0 Å². The standard InChI is InChI=1S/C22H26N2OS/c1-26-21-11-5-4-10-20(21)22(25)24-13-6-9-19(16-24)23-14-12-17-7-2-3-8-18(17)15-23/h2-5,7-8,10-11,19H,6,9,12-16H2,1H3/t19-/m1/s1. The molecule has 0 aromatic heterocycles. The van der Waals surface area contributed by atoms with E-state index in [1.54, 1.807) is 11.8 Å². The summed E-state index contributed by atoms with van der Waals surface area (Å²) in [5.74, 6) is 0.192. The first-order valence-corrected chi connectivity index (χ1v) is 10.7. The predicted molar refractivity (Wildman–Crippen MR) is 108 cm³/mol. The van der Waals surface area contributed by atoms with Crippen LogP contribution in [-0.2, 0) is 13.0 Å². The van der Waals surface area contributed by atoms with Gasteiger partial charge in [-0.1, -0.05) is 36.4 Å². The van der Waals surface area contributed by atoms with Gasteiger partial charge in [0.25, 0.3) is 5.91 Å². The largest absolute Gasteiger partial charge is 0.337 e. The molecule has 2 aliphatic heterocycles. The highest BCUT2D eigenvalue weighted by Gasteiger charge is 2.30. The monoisotopic (exact) mass is 366 g/mol. The molecule has 4 heteroatoms. The number of carbonyl (C=O) groups is 1. The minimum absolute atomic E-state index is 0.192. The van der Waals surface area contributed by atoms with Crippen molar-refractivity contribution in [2.75, 3.05) is 25.9 Å². The lowest BCUT2D eigenvalue weighted by atomic mass is 9.95. The van der Waals surface area contributed by atoms with E-state index in [0.717, 1.165) is 49.5 Å². The molecule has 136 valence electrons. The summed E-state index contributed by atoms with van der Waals surface area (Å²) in [4.78, 5) is 18.8. The SMILES string of the molecule is CSc1ccccc1C(=O)N1CCC[C@@H](N2CCc3ccccc3C2)C1. The van der Waals surface area contributed by atoms with Crippen LogP contribution in [0.5, 0.6) is 0 Å². The summed E-state index contributed by atoms with van der Waals surface area (Å²) in [6, 6.07) is 17.2. The number of benzene rings is 2. The van der Waals surface area contributed by atoms with Crippen LogP contribution in [0.3, 0.4) is 0 Å². The molecule has 2 heterocycles. The molecule has 1 saturated heterocycles. The topological polar surface area (TPSA) is 23.6 Å². The van der Waals surface area contributed by atoms with E-state index in [-0.39, 0.29) is 5.91 Å². The second-order valence-electron chi connectivity index (χ2n) is 7.24. The molecule has 1 amide bonds. The maximum atomic E-state index is 13.1. The summed E-state index contributed by atoms with van der Waals surface area (Å²) in [6.45, 7) is 3.85. The Balaban J connectivity index is 1.47. The van der Waals surface area contributed by atoms with Crippen LogP contribution in [0.2, 0.25) is 0 Å². The van der Waals surface area contributed by atoms with Gasteiger partial charge in [-0.05, 0) is 48.8 Å². The molecule has 4 rings (SSSR count). The van der Waals surface area contributed by atoms with Crippen LogP contribution >= 0.6 is 11.8 Å². The molecule has 26 heavy (non-hydrogen) atoms. The molecule has 3 nitrogen and oxygen atoms in total. The summed E-state index contributed by atoms with van der Waals surface area (Å²) in [5, 5.41) is 0. The van der Waals surface area contributed by atoms with E-state index in [1.807, 2.05) is 30.5 Å². The molecule has 0 spiro atoms. The zero-order chi connectivity index (χ0) is 17.9. The number of hydrogen-bond donors (Lipinski definition) is 0. The zero-order valence-electron chi connectivity index (χ0n) is 15.4. The predicted octanol–water partition coefficient (Wildman–Crippen LogP) is 4.07. The Kier molecular flexibility index (Phi) is 5.32. The van der Waals surface area contributed by atoms with Gasteiger partial charge in [-0.3, -0.25) is 9.69 Å². The Morgan fingerprint density at radius 1 is 1.04 bits per heavy atom. The Morgan fingerprint density at radius 2 is 1.81 bits per heavy atom. The summed E-state index contributed by atoms with van der Waals surface area (Å²) >= 11 is 1.65. The number of hydrogen-bond acceptors (Lipinski definition) is 3. The smallest absolute Gasteiger partial charge is 0.255 e. The minimum atomic E-state index is 0.192. The van der Waals surface area contributed by atoms with Crippen molar-refractivity contribution in [1.82, 2.24) is 9.80 Å². The molecule has 2 aromatic carbocycles. The quantitative estimate of drug-likeness (QED) is 0.765. The maximum absolute atomic E-state index is 13.1. The van der Waals surface area contributed by atoms with Crippen LogP contribution in [0.4, 0.5) is 0 Å². The third kappa shape index (κ3) is 3.53. The molecule has 2 aromatic rings. The van der Waals surface area contributed by atoms with Gasteiger partial charge in [0, 0.05) is 37.1 Å². The van der Waals surface area contributed by atoms with Gasteiger partial charge < -0.3 is 4.90 Å². The van der Waals surface area contributed by atoms with Crippen molar-refractivity contribution in [3.8, 4) is 0 Å². The van der Waals surface area contributed by atoms with Crippen LogP contribution in [0.15, 0.2) is 53.4 Å². The lowest BCUT2D eigenvalue weighted by Crippen LogP contribution is -2.51. The zero-order valence-corrected chi connectivity index (χ0v) is 16.2. The summed E-state index contributed by atoms with van der Waals surface area (Å²) in [5.41, 5.74) is 3.79. The number of fused-ring (bicyclic) bond motifs is 1. The van der Waals surface area contributed by atoms with E-state index in [0.29, 0.717) is 6.04 Å². The van der Waals surface area contributed by atoms with Crippen LogP contribution in [-0.4, -0.2) is 47.6 Å². The fraction of sp³-hybridized carbons (Fsp3) is 0.409. The number of likely N-dealkylation sites (tertiary alicyclic amines) is 1. The Hall–Kier alpha value is -1.78. The van der Waals surface area contributed by atoms with Crippen molar-refractivity contribution in [2.45, 2.75) is 36.7 Å². The van der Waals surface area contributed by atoms with Gasteiger partial charge in [0.05, 0.1) is 5.56 Å². The normalized spacial score (nSPS) is 20.7. The lowest BCUT2D eigenvalue weighted by Gasteiger charge is -2.41. The Bertz CT molecular complexity index is 791.